The summed E-state index contributed by atoms with van der Waals surface area (Å²) in [6.07, 6.45) is 1.42. The number of halogens is 3. The molecule has 0 saturated heterocycles. The van der Waals surface area contributed by atoms with Gasteiger partial charge in [-0.05, 0) is 22.0 Å². The quantitative estimate of drug-likeness (QED) is 0.471. The zero-order chi connectivity index (χ0) is 14.0. The maximum Gasteiger partial charge on any atom is 0.306 e. The van der Waals surface area contributed by atoms with Gasteiger partial charge in [0.15, 0.2) is 0 Å². The van der Waals surface area contributed by atoms with Gasteiger partial charge in [-0.15, -0.1) is 0 Å². The number of benzene rings is 1. The minimum Gasteiger partial charge on any atom is -0.456 e. The maximum absolute atomic E-state index is 13.5. The molecule has 1 aromatic carbocycles. The van der Waals surface area contributed by atoms with Crippen molar-refractivity contribution in [3.63, 3.8) is 0 Å². The van der Waals surface area contributed by atoms with Crippen LogP contribution in [0.3, 0.4) is 0 Å². The fourth-order valence-electron chi connectivity index (χ4n) is 1.31. The summed E-state index contributed by atoms with van der Waals surface area (Å²) in [5.41, 5.74) is -0.632. The van der Waals surface area contributed by atoms with Crippen LogP contribution in [-0.2, 0) is 0 Å². The first kappa shape index (κ1) is 13.7. The summed E-state index contributed by atoms with van der Waals surface area (Å²) in [6.45, 7) is 0. The molecule has 8 heteroatoms. The molecule has 0 bridgehead atoms. The van der Waals surface area contributed by atoms with Crippen molar-refractivity contribution < 1.29 is 14.1 Å². The fraction of sp³-hybridized carbons (Fsp3) is 0. The van der Waals surface area contributed by atoms with Gasteiger partial charge >= 0.3 is 5.69 Å². The van der Waals surface area contributed by atoms with E-state index in [-0.39, 0.29) is 15.4 Å². The van der Waals surface area contributed by atoms with Gasteiger partial charge < -0.3 is 4.74 Å². The van der Waals surface area contributed by atoms with E-state index in [0.717, 1.165) is 12.1 Å². The van der Waals surface area contributed by atoms with Gasteiger partial charge in [-0.3, -0.25) is 10.1 Å². The first-order chi connectivity index (χ1) is 8.97. The van der Waals surface area contributed by atoms with Crippen LogP contribution >= 0.6 is 27.5 Å². The van der Waals surface area contributed by atoms with E-state index in [1.807, 2.05) is 0 Å². The first-order valence-corrected chi connectivity index (χ1v) is 6.07. The summed E-state index contributed by atoms with van der Waals surface area (Å²) in [6, 6.07) is 4.93. The van der Waals surface area contributed by atoms with Crippen LogP contribution in [0.15, 0.2) is 34.9 Å². The predicted molar refractivity (Wildman–Crippen MR) is 70.1 cm³/mol. The van der Waals surface area contributed by atoms with E-state index in [4.69, 9.17) is 16.3 Å². The van der Waals surface area contributed by atoms with Crippen molar-refractivity contribution in [1.82, 2.24) is 4.98 Å². The molecular weight excluding hydrogens is 342 g/mol. The highest BCUT2D eigenvalue weighted by molar-refractivity contribution is 9.10. The second kappa shape index (κ2) is 5.50. The molecule has 0 aliphatic heterocycles. The van der Waals surface area contributed by atoms with Crippen LogP contribution in [0.1, 0.15) is 0 Å². The summed E-state index contributed by atoms with van der Waals surface area (Å²) < 4.78 is 19.1. The van der Waals surface area contributed by atoms with E-state index in [2.05, 4.69) is 20.9 Å². The molecule has 0 radical (unpaired) electrons. The maximum atomic E-state index is 13.5. The number of nitro benzene ring substituents is 1. The molecule has 0 aliphatic carbocycles. The van der Waals surface area contributed by atoms with Crippen molar-refractivity contribution in [3.8, 4) is 11.5 Å². The zero-order valence-electron chi connectivity index (χ0n) is 9.14. The summed E-state index contributed by atoms with van der Waals surface area (Å²) >= 11 is 8.76. The van der Waals surface area contributed by atoms with Gasteiger partial charge in [-0.25, -0.2) is 4.98 Å². The normalized spacial score (nSPS) is 10.3. The van der Waals surface area contributed by atoms with Gasteiger partial charge in [0.2, 0.25) is 5.82 Å². The molecule has 0 aliphatic rings. The van der Waals surface area contributed by atoms with Crippen molar-refractivity contribution in [1.29, 1.82) is 0 Å². The molecule has 2 aromatic rings. The lowest BCUT2D eigenvalue weighted by Gasteiger charge is -2.08. The molecule has 0 unspecified atom stereocenters. The molecule has 0 N–H and O–H groups in total. The van der Waals surface area contributed by atoms with Crippen molar-refractivity contribution in [2.45, 2.75) is 0 Å². The number of nitro groups is 1. The molecule has 98 valence electrons. The van der Waals surface area contributed by atoms with Gasteiger partial charge in [0.05, 0.1) is 9.40 Å². The highest BCUT2D eigenvalue weighted by atomic mass is 79.9. The molecule has 19 heavy (non-hydrogen) atoms. The molecule has 1 aromatic heterocycles. The number of nitrogens with zero attached hydrogens (tertiary/aromatic N) is 2. The van der Waals surface area contributed by atoms with Crippen LogP contribution in [0.2, 0.25) is 5.15 Å². The highest BCUT2D eigenvalue weighted by Crippen LogP contribution is 2.34. The Bertz CT molecular complexity index is 654. The average Bonchev–Trinajstić information content (AvgIpc) is 2.33. The van der Waals surface area contributed by atoms with Crippen LogP contribution in [-0.4, -0.2) is 9.91 Å². The molecule has 2 rings (SSSR count). The molecule has 1 heterocycles. The summed E-state index contributed by atoms with van der Waals surface area (Å²) in [5, 5.41) is 10.8. The van der Waals surface area contributed by atoms with Crippen molar-refractivity contribution in [3.05, 3.63) is 56.0 Å². The Kier molecular flexibility index (Phi) is 3.96. The lowest BCUT2D eigenvalue weighted by Crippen LogP contribution is -1.94. The molecule has 0 saturated carbocycles. The lowest BCUT2D eigenvalue weighted by atomic mass is 10.3. The third-order valence-corrected chi connectivity index (χ3v) is 2.95. The molecule has 5 nitrogen and oxygen atoms in total. The number of hydrogen-bond acceptors (Lipinski definition) is 4. The molecule has 0 spiro atoms. The SMILES string of the molecule is O=[N+]([O-])c1cc(Br)c(Oc2ccnc(Cl)c2)cc1F. The van der Waals surface area contributed by atoms with Gasteiger partial charge in [0.25, 0.3) is 0 Å². The minimum atomic E-state index is -0.983. The Labute approximate surface area is 120 Å². The van der Waals surface area contributed by atoms with E-state index < -0.39 is 16.4 Å². The fourth-order valence-corrected chi connectivity index (χ4v) is 1.89. The second-order valence-electron chi connectivity index (χ2n) is 3.41. The van der Waals surface area contributed by atoms with Gasteiger partial charge in [-0.1, -0.05) is 11.6 Å². The number of hydrogen-bond donors (Lipinski definition) is 0. The Morgan fingerprint density at radius 3 is 2.79 bits per heavy atom. The van der Waals surface area contributed by atoms with Crippen LogP contribution in [0.4, 0.5) is 10.1 Å². The van der Waals surface area contributed by atoms with E-state index >= 15 is 0 Å². The first-order valence-electron chi connectivity index (χ1n) is 4.90. The number of pyridine rings is 1. The molecule has 0 atom stereocenters. The number of aromatic nitrogens is 1. The Morgan fingerprint density at radius 1 is 1.42 bits per heavy atom. The molecule has 0 fully saturated rings. The van der Waals surface area contributed by atoms with Crippen LogP contribution in [0.5, 0.6) is 11.5 Å². The smallest absolute Gasteiger partial charge is 0.306 e. The van der Waals surface area contributed by atoms with Crippen LogP contribution in [0, 0.1) is 15.9 Å². The van der Waals surface area contributed by atoms with Crippen LogP contribution in [0.25, 0.3) is 0 Å². The largest absolute Gasteiger partial charge is 0.456 e. The molecule has 0 amide bonds. The average molecular weight is 348 g/mol. The van der Waals surface area contributed by atoms with E-state index in [9.17, 15) is 14.5 Å². The van der Waals surface area contributed by atoms with Gasteiger partial charge in [0.1, 0.15) is 16.7 Å². The summed E-state index contributed by atoms with van der Waals surface area (Å²) in [5.74, 6) is -0.539. The molecular formula is C11H5BrClFN2O3. The standard InChI is InChI=1S/C11H5BrClFN2O3/c12-7-4-9(16(17)18)8(14)5-10(7)19-6-1-2-15-11(13)3-6/h1-5H. The van der Waals surface area contributed by atoms with E-state index in [0.29, 0.717) is 5.75 Å². The third-order valence-electron chi connectivity index (χ3n) is 2.12. The van der Waals surface area contributed by atoms with Crippen molar-refractivity contribution >= 4 is 33.2 Å². The Morgan fingerprint density at radius 2 is 2.16 bits per heavy atom. The Balaban J connectivity index is 2.36. The van der Waals surface area contributed by atoms with Gasteiger partial charge in [0, 0.05) is 24.4 Å². The predicted octanol–water partition coefficient (Wildman–Crippen LogP) is 4.34. The number of rotatable bonds is 3. The minimum absolute atomic E-state index is 0.102. The van der Waals surface area contributed by atoms with Crippen molar-refractivity contribution in [2.75, 3.05) is 0 Å². The van der Waals surface area contributed by atoms with Gasteiger partial charge in [-0.2, -0.15) is 4.39 Å². The Hall–Kier alpha value is -1.73. The zero-order valence-corrected chi connectivity index (χ0v) is 11.5. The lowest BCUT2D eigenvalue weighted by molar-refractivity contribution is -0.387. The van der Waals surface area contributed by atoms with Crippen molar-refractivity contribution in [2.24, 2.45) is 0 Å². The van der Waals surface area contributed by atoms with E-state index in [1.54, 1.807) is 0 Å². The summed E-state index contributed by atoms with van der Waals surface area (Å²) in [4.78, 5) is 13.5. The van der Waals surface area contributed by atoms with Crippen LogP contribution < -0.4 is 4.74 Å². The second-order valence-corrected chi connectivity index (χ2v) is 4.65. The monoisotopic (exact) mass is 346 g/mol. The van der Waals surface area contributed by atoms with E-state index in [1.165, 1.54) is 18.3 Å². The third kappa shape index (κ3) is 3.18. The highest BCUT2D eigenvalue weighted by Gasteiger charge is 2.18. The summed E-state index contributed by atoms with van der Waals surface area (Å²) in [7, 11) is 0. The topological polar surface area (TPSA) is 65.3 Å². The number of ether oxygens (including phenoxy) is 1.